The molecule has 0 aliphatic rings. The standard InChI is InChI=1S/C11H16FNO3/c1-14-8-6-4-5-7(9(8)12)10(13)11(15-2)16-3/h4-6,10-11H,13H2,1-3H3. The molecule has 0 radical (unpaired) electrons. The van der Waals surface area contributed by atoms with E-state index in [4.69, 9.17) is 19.9 Å². The Labute approximate surface area is 94.1 Å². The molecule has 5 heteroatoms. The van der Waals surface area contributed by atoms with Crippen molar-refractivity contribution in [3.63, 3.8) is 0 Å². The van der Waals surface area contributed by atoms with Gasteiger partial charge in [0.15, 0.2) is 17.9 Å². The highest BCUT2D eigenvalue weighted by Gasteiger charge is 2.23. The Morgan fingerprint density at radius 1 is 1.19 bits per heavy atom. The van der Waals surface area contributed by atoms with E-state index in [0.717, 1.165) is 0 Å². The molecule has 0 spiro atoms. The van der Waals surface area contributed by atoms with Crippen molar-refractivity contribution in [3.05, 3.63) is 29.6 Å². The molecule has 16 heavy (non-hydrogen) atoms. The number of ether oxygens (including phenoxy) is 3. The first-order valence-electron chi connectivity index (χ1n) is 4.79. The number of rotatable bonds is 5. The molecule has 0 aromatic heterocycles. The molecule has 1 aromatic rings. The highest BCUT2D eigenvalue weighted by molar-refractivity contribution is 5.33. The summed E-state index contributed by atoms with van der Waals surface area (Å²) < 4.78 is 28.7. The Morgan fingerprint density at radius 3 is 2.31 bits per heavy atom. The van der Waals surface area contributed by atoms with Crippen LogP contribution in [0.15, 0.2) is 18.2 Å². The lowest BCUT2D eigenvalue weighted by Gasteiger charge is -2.22. The van der Waals surface area contributed by atoms with E-state index in [1.54, 1.807) is 12.1 Å². The second-order valence-electron chi connectivity index (χ2n) is 3.23. The Morgan fingerprint density at radius 2 is 1.81 bits per heavy atom. The molecular formula is C11H16FNO3. The van der Waals surface area contributed by atoms with Gasteiger partial charge in [0.1, 0.15) is 0 Å². The molecule has 0 amide bonds. The van der Waals surface area contributed by atoms with E-state index in [-0.39, 0.29) is 5.75 Å². The molecule has 0 aliphatic heterocycles. The first-order chi connectivity index (χ1) is 7.65. The van der Waals surface area contributed by atoms with Crippen molar-refractivity contribution >= 4 is 0 Å². The van der Waals surface area contributed by atoms with Crippen LogP contribution in [0.5, 0.6) is 5.75 Å². The smallest absolute Gasteiger partial charge is 0.176 e. The second-order valence-corrected chi connectivity index (χ2v) is 3.23. The highest BCUT2D eigenvalue weighted by Crippen LogP contribution is 2.26. The van der Waals surface area contributed by atoms with Gasteiger partial charge < -0.3 is 19.9 Å². The largest absolute Gasteiger partial charge is 0.494 e. The summed E-state index contributed by atoms with van der Waals surface area (Å²) in [4.78, 5) is 0. The SMILES string of the molecule is COc1cccc(C(N)C(OC)OC)c1F. The van der Waals surface area contributed by atoms with Gasteiger partial charge in [-0.3, -0.25) is 0 Å². The van der Waals surface area contributed by atoms with Crippen LogP contribution in [0.1, 0.15) is 11.6 Å². The third-order valence-corrected chi connectivity index (χ3v) is 2.33. The highest BCUT2D eigenvalue weighted by atomic mass is 19.1. The third kappa shape index (κ3) is 2.49. The van der Waals surface area contributed by atoms with Crippen LogP contribution < -0.4 is 10.5 Å². The van der Waals surface area contributed by atoms with Gasteiger partial charge in [0.25, 0.3) is 0 Å². The van der Waals surface area contributed by atoms with E-state index >= 15 is 0 Å². The number of hydrogen-bond donors (Lipinski definition) is 1. The minimum Gasteiger partial charge on any atom is -0.494 e. The van der Waals surface area contributed by atoms with Crippen LogP contribution in [0.4, 0.5) is 4.39 Å². The van der Waals surface area contributed by atoms with Crippen molar-refractivity contribution in [2.45, 2.75) is 12.3 Å². The van der Waals surface area contributed by atoms with Crippen LogP contribution in [0, 0.1) is 5.82 Å². The molecule has 0 saturated heterocycles. The van der Waals surface area contributed by atoms with Crippen molar-refractivity contribution in [1.82, 2.24) is 0 Å². The molecule has 0 aliphatic carbocycles. The van der Waals surface area contributed by atoms with Gasteiger partial charge in [0.05, 0.1) is 13.2 Å². The molecule has 0 heterocycles. The lowest BCUT2D eigenvalue weighted by Crippen LogP contribution is -2.30. The van der Waals surface area contributed by atoms with Gasteiger partial charge in [-0.25, -0.2) is 4.39 Å². The summed E-state index contributed by atoms with van der Waals surface area (Å²) in [6.45, 7) is 0. The van der Waals surface area contributed by atoms with Gasteiger partial charge in [-0.05, 0) is 6.07 Å². The summed E-state index contributed by atoms with van der Waals surface area (Å²) >= 11 is 0. The summed E-state index contributed by atoms with van der Waals surface area (Å²) in [5.41, 5.74) is 6.14. The van der Waals surface area contributed by atoms with Crippen LogP contribution in [0.25, 0.3) is 0 Å². The lowest BCUT2D eigenvalue weighted by atomic mass is 10.1. The van der Waals surface area contributed by atoms with Gasteiger partial charge >= 0.3 is 0 Å². The minimum absolute atomic E-state index is 0.152. The maximum absolute atomic E-state index is 13.8. The number of benzene rings is 1. The fraction of sp³-hybridized carbons (Fsp3) is 0.455. The van der Waals surface area contributed by atoms with Gasteiger partial charge in [0.2, 0.25) is 0 Å². The average molecular weight is 229 g/mol. The van der Waals surface area contributed by atoms with E-state index in [1.165, 1.54) is 27.4 Å². The normalized spacial score (nSPS) is 12.9. The molecule has 4 nitrogen and oxygen atoms in total. The van der Waals surface area contributed by atoms with Crippen molar-refractivity contribution in [3.8, 4) is 5.75 Å². The predicted molar refractivity (Wildman–Crippen MR) is 57.7 cm³/mol. The van der Waals surface area contributed by atoms with Crippen LogP contribution in [0.3, 0.4) is 0 Å². The Kier molecular flexibility index (Phi) is 4.67. The van der Waals surface area contributed by atoms with Crippen molar-refractivity contribution < 1.29 is 18.6 Å². The summed E-state index contributed by atoms with van der Waals surface area (Å²) in [5.74, 6) is -0.337. The van der Waals surface area contributed by atoms with Crippen LogP contribution in [-0.2, 0) is 9.47 Å². The zero-order valence-corrected chi connectivity index (χ0v) is 9.57. The summed E-state index contributed by atoms with van der Waals surface area (Å²) in [5, 5.41) is 0. The maximum atomic E-state index is 13.8. The van der Waals surface area contributed by atoms with Crippen LogP contribution >= 0.6 is 0 Å². The number of methoxy groups -OCH3 is 3. The van der Waals surface area contributed by atoms with Crippen LogP contribution in [-0.4, -0.2) is 27.6 Å². The first-order valence-corrected chi connectivity index (χ1v) is 4.79. The first kappa shape index (κ1) is 12.9. The Bertz CT molecular complexity index is 342. The van der Waals surface area contributed by atoms with Crippen molar-refractivity contribution in [1.29, 1.82) is 0 Å². The molecule has 1 aromatic carbocycles. The van der Waals surface area contributed by atoms with Crippen LogP contribution in [0.2, 0.25) is 0 Å². The molecule has 1 unspecified atom stereocenters. The third-order valence-electron chi connectivity index (χ3n) is 2.33. The van der Waals surface area contributed by atoms with E-state index in [1.807, 2.05) is 0 Å². The molecule has 0 fully saturated rings. The second kappa shape index (κ2) is 5.79. The predicted octanol–water partition coefficient (Wildman–Crippen LogP) is 1.45. The van der Waals surface area contributed by atoms with E-state index in [2.05, 4.69) is 0 Å². The number of nitrogens with two attached hydrogens (primary N) is 1. The van der Waals surface area contributed by atoms with Crippen molar-refractivity contribution in [2.75, 3.05) is 21.3 Å². The fourth-order valence-corrected chi connectivity index (χ4v) is 1.48. The fourth-order valence-electron chi connectivity index (χ4n) is 1.48. The molecule has 0 saturated carbocycles. The monoisotopic (exact) mass is 229 g/mol. The van der Waals surface area contributed by atoms with Gasteiger partial charge in [-0.1, -0.05) is 12.1 Å². The maximum Gasteiger partial charge on any atom is 0.176 e. The number of halogens is 1. The molecule has 90 valence electrons. The molecule has 2 N–H and O–H groups in total. The summed E-state index contributed by atoms with van der Waals surface area (Å²) in [6, 6.07) is 4.07. The van der Waals surface area contributed by atoms with Crippen molar-refractivity contribution in [2.24, 2.45) is 5.73 Å². The van der Waals surface area contributed by atoms with E-state index < -0.39 is 18.1 Å². The quantitative estimate of drug-likeness (QED) is 0.776. The minimum atomic E-state index is -0.704. The van der Waals surface area contributed by atoms with E-state index in [9.17, 15) is 4.39 Å². The summed E-state index contributed by atoms with van der Waals surface area (Å²) in [6.07, 6.45) is -0.693. The average Bonchev–Trinajstić information content (AvgIpc) is 2.30. The van der Waals surface area contributed by atoms with Gasteiger partial charge in [-0.2, -0.15) is 0 Å². The summed E-state index contributed by atoms with van der Waals surface area (Å²) in [7, 11) is 4.30. The molecule has 0 bridgehead atoms. The molecule has 1 atom stereocenters. The Hall–Kier alpha value is -1.17. The zero-order chi connectivity index (χ0) is 12.1. The molecular weight excluding hydrogens is 213 g/mol. The van der Waals surface area contributed by atoms with Gasteiger partial charge in [-0.15, -0.1) is 0 Å². The zero-order valence-electron chi connectivity index (χ0n) is 9.57. The Balaban J connectivity index is 3.03. The topological polar surface area (TPSA) is 53.7 Å². The van der Waals surface area contributed by atoms with Gasteiger partial charge in [0, 0.05) is 19.8 Å². The number of hydrogen-bond acceptors (Lipinski definition) is 4. The molecule has 1 rings (SSSR count). The lowest BCUT2D eigenvalue weighted by molar-refractivity contribution is -0.117. The van der Waals surface area contributed by atoms with E-state index in [0.29, 0.717) is 5.56 Å².